The number of hydrogen-bond donors (Lipinski definition) is 2. The lowest BCUT2D eigenvalue weighted by molar-refractivity contribution is 0.476. The molecular formula is C9H7BrO2S. The standard InChI is InChI=1S/C9H7BrO2S/c10-4-7-8(12)5-2-1-3-6(11)9(5)13-7/h1-3,11-12H,4H2. The zero-order valence-electron chi connectivity index (χ0n) is 6.62. The van der Waals surface area contributed by atoms with Crippen LogP contribution in [0.2, 0.25) is 0 Å². The Morgan fingerprint density at radius 3 is 2.69 bits per heavy atom. The molecule has 1 aromatic heterocycles. The summed E-state index contributed by atoms with van der Waals surface area (Å²) in [5, 5.41) is 20.5. The molecule has 0 saturated carbocycles. The minimum atomic E-state index is 0.227. The lowest BCUT2D eigenvalue weighted by Crippen LogP contribution is -1.67. The van der Waals surface area contributed by atoms with E-state index in [9.17, 15) is 10.2 Å². The van der Waals surface area contributed by atoms with Crippen LogP contribution in [-0.2, 0) is 5.33 Å². The second kappa shape index (κ2) is 3.20. The number of benzene rings is 1. The Labute approximate surface area is 87.6 Å². The van der Waals surface area contributed by atoms with Gasteiger partial charge >= 0.3 is 0 Å². The molecule has 2 nitrogen and oxygen atoms in total. The van der Waals surface area contributed by atoms with Crippen molar-refractivity contribution in [2.24, 2.45) is 0 Å². The van der Waals surface area contributed by atoms with Crippen molar-refractivity contribution in [3.8, 4) is 11.5 Å². The highest BCUT2D eigenvalue weighted by Crippen LogP contribution is 2.41. The van der Waals surface area contributed by atoms with Gasteiger partial charge in [-0.1, -0.05) is 22.0 Å². The Hall–Kier alpha value is -0.740. The SMILES string of the molecule is Oc1c(CBr)sc2c(O)cccc12. The van der Waals surface area contributed by atoms with Crippen LogP contribution in [0.3, 0.4) is 0 Å². The lowest BCUT2D eigenvalue weighted by atomic mass is 10.2. The van der Waals surface area contributed by atoms with Gasteiger partial charge in [0.15, 0.2) is 0 Å². The molecule has 0 spiro atoms. The molecule has 0 radical (unpaired) electrons. The Morgan fingerprint density at radius 1 is 1.31 bits per heavy atom. The Bertz CT molecular complexity index is 450. The van der Waals surface area contributed by atoms with Crippen molar-refractivity contribution >= 4 is 37.4 Å². The predicted octanol–water partition coefficient (Wildman–Crippen LogP) is 3.21. The van der Waals surface area contributed by atoms with Crippen LogP contribution in [0.5, 0.6) is 11.5 Å². The molecule has 2 aromatic rings. The van der Waals surface area contributed by atoms with Crippen LogP contribution < -0.4 is 0 Å². The molecule has 0 atom stereocenters. The molecular weight excluding hydrogens is 252 g/mol. The summed E-state index contributed by atoms with van der Waals surface area (Å²) in [7, 11) is 0. The summed E-state index contributed by atoms with van der Waals surface area (Å²) in [6.07, 6.45) is 0. The second-order valence-electron chi connectivity index (χ2n) is 2.66. The van der Waals surface area contributed by atoms with Gasteiger partial charge in [0.1, 0.15) is 11.5 Å². The molecule has 0 saturated heterocycles. The van der Waals surface area contributed by atoms with Crippen molar-refractivity contribution in [1.29, 1.82) is 0 Å². The second-order valence-corrected chi connectivity index (χ2v) is 4.33. The highest BCUT2D eigenvalue weighted by molar-refractivity contribution is 9.08. The van der Waals surface area contributed by atoms with Gasteiger partial charge in [0.05, 0.1) is 9.58 Å². The van der Waals surface area contributed by atoms with Crippen molar-refractivity contribution in [3.05, 3.63) is 23.1 Å². The number of phenols is 1. The first-order valence-corrected chi connectivity index (χ1v) is 5.66. The van der Waals surface area contributed by atoms with Gasteiger partial charge in [-0.3, -0.25) is 0 Å². The molecule has 2 rings (SSSR count). The van der Waals surface area contributed by atoms with Gasteiger partial charge in [0.2, 0.25) is 0 Å². The maximum Gasteiger partial charge on any atom is 0.138 e. The van der Waals surface area contributed by atoms with E-state index in [4.69, 9.17) is 0 Å². The van der Waals surface area contributed by atoms with Crippen molar-refractivity contribution in [1.82, 2.24) is 0 Å². The number of thiophene rings is 1. The van der Waals surface area contributed by atoms with Crippen molar-refractivity contribution in [2.45, 2.75) is 5.33 Å². The van der Waals surface area contributed by atoms with E-state index >= 15 is 0 Å². The average Bonchev–Trinajstić information content (AvgIpc) is 2.45. The quantitative estimate of drug-likeness (QED) is 0.772. The summed E-state index contributed by atoms with van der Waals surface area (Å²) in [4.78, 5) is 0.844. The average molecular weight is 259 g/mol. The molecule has 0 bridgehead atoms. The van der Waals surface area contributed by atoms with Gasteiger partial charge in [-0.2, -0.15) is 0 Å². The van der Waals surface area contributed by atoms with Crippen LogP contribution in [0.15, 0.2) is 18.2 Å². The molecule has 2 N–H and O–H groups in total. The first-order chi connectivity index (χ1) is 6.24. The van der Waals surface area contributed by atoms with E-state index < -0.39 is 0 Å². The monoisotopic (exact) mass is 258 g/mol. The number of alkyl halides is 1. The van der Waals surface area contributed by atoms with E-state index in [0.717, 1.165) is 15.0 Å². The molecule has 0 fully saturated rings. The Morgan fingerprint density at radius 2 is 2.08 bits per heavy atom. The first kappa shape index (κ1) is 8.84. The topological polar surface area (TPSA) is 40.5 Å². The highest BCUT2D eigenvalue weighted by Gasteiger charge is 2.11. The summed E-state index contributed by atoms with van der Waals surface area (Å²) in [6, 6.07) is 5.14. The zero-order chi connectivity index (χ0) is 9.42. The molecule has 0 aliphatic rings. The van der Waals surface area contributed by atoms with Crippen LogP contribution in [0, 0.1) is 0 Å². The van der Waals surface area contributed by atoms with Gasteiger partial charge in [-0.15, -0.1) is 11.3 Å². The van der Waals surface area contributed by atoms with Crippen LogP contribution in [0.25, 0.3) is 10.1 Å². The third kappa shape index (κ3) is 1.30. The normalized spacial score (nSPS) is 10.8. The fourth-order valence-electron chi connectivity index (χ4n) is 1.23. The van der Waals surface area contributed by atoms with Gasteiger partial charge in [-0.25, -0.2) is 0 Å². The zero-order valence-corrected chi connectivity index (χ0v) is 9.02. The van der Waals surface area contributed by atoms with E-state index in [1.165, 1.54) is 11.3 Å². The summed E-state index contributed by atoms with van der Waals surface area (Å²) in [5.41, 5.74) is 0. The molecule has 0 unspecified atom stereocenters. The van der Waals surface area contributed by atoms with Crippen LogP contribution >= 0.6 is 27.3 Å². The third-order valence-corrected chi connectivity index (χ3v) is 4.01. The van der Waals surface area contributed by atoms with E-state index in [0.29, 0.717) is 5.33 Å². The van der Waals surface area contributed by atoms with Gasteiger partial charge in [0, 0.05) is 10.7 Å². The number of fused-ring (bicyclic) bond motifs is 1. The number of rotatable bonds is 1. The highest BCUT2D eigenvalue weighted by atomic mass is 79.9. The van der Waals surface area contributed by atoms with E-state index in [-0.39, 0.29) is 11.5 Å². The van der Waals surface area contributed by atoms with Crippen molar-refractivity contribution in [3.63, 3.8) is 0 Å². The molecule has 13 heavy (non-hydrogen) atoms. The minimum absolute atomic E-state index is 0.227. The summed E-state index contributed by atoms with van der Waals surface area (Å²) < 4.78 is 0.745. The molecule has 0 amide bonds. The molecule has 1 heterocycles. The van der Waals surface area contributed by atoms with Crippen LogP contribution in [0.4, 0.5) is 0 Å². The van der Waals surface area contributed by atoms with Crippen molar-refractivity contribution in [2.75, 3.05) is 0 Å². The lowest BCUT2D eigenvalue weighted by Gasteiger charge is -1.92. The Kier molecular flexibility index (Phi) is 2.17. The number of halogens is 1. The summed E-state index contributed by atoms with van der Waals surface area (Å²) in [6.45, 7) is 0. The molecule has 68 valence electrons. The maximum atomic E-state index is 9.68. The van der Waals surface area contributed by atoms with Gasteiger partial charge < -0.3 is 10.2 Å². The van der Waals surface area contributed by atoms with Gasteiger partial charge in [-0.05, 0) is 12.1 Å². The fraction of sp³-hybridized carbons (Fsp3) is 0.111. The molecule has 0 aliphatic carbocycles. The molecule has 0 aliphatic heterocycles. The van der Waals surface area contributed by atoms with E-state index in [2.05, 4.69) is 15.9 Å². The summed E-state index contributed by atoms with van der Waals surface area (Å²) in [5.74, 6) is 0.498. The number of aromatic hydroxyl groups is 2. The smallest absolute Gasteiger partial charge is 0.138 e. The van der Waals surface area contributed by atoms with Gasteiger partial charge in [0.25, 0.3) is 0 Å². The summed E-state index contributed by atoms with van der Waals surface area (Å²) >= 11 is 4.68. The predicted molar refractivity (Wildman–Crippen MR) is 57.8 cm³/mol. The van der Waals surface area contributed by atoms with Crippen LogP contribution in [-0.4, -0.2) is 10.2 Å². The maximum absolute atomic E-state index is 9.68. The Balaban J connectivity index is 2.83. The molecule has 4 heteroatoms. The number of hydrogen-bond acceptors (Lipinski definition) is 3. The van der Waals surface area contributed by atoms with E-state index in [1.807, 2.05) is 0 Å². The fourth-order valence-corrected chi connectivity index (χ4v) is 2.79. The largest absolute Gasteiger partial charge is 0.506 e. The first-order valence-electron chi connectivity index (χ1n) is 3.72. The number of phenolic OH excluding ortho intramolecular Hbond substituents is 1. The van der Waals surface area contributed by atoms with Crippen molar-refractivity contribution < 1.29 is 10.2 Å². The molecule has 1 aromatic carbocycles. The van der Waals surface area contributed by atoms with Crippen LogP contribution in [0.1, 0.15) is 4.88 Å². The third-order valence-electron chi connectivity index (χ3n) is 1.86. The minimum Gasteiger partial charge on any atom is -0.506 e. The van der Waals surface area contributed by atoms with E-state index in [1.54, 1.807) is 18.2 Å².